The van der Waals surface area contributed by atoms with Crippen LogP contribution in [0, 0.1) is 0 Å². The maximum Gasteiger partial charge on any atom is 0.0717 e. The predicted molar refractivity (Wildman–Crippen MR) is 55.0 cm³/mol. The van der Waals surface area contributed by atoms with E-state index in [1.807, 2.05) is 24.3 Å². The lowest BCUT2D eigenvalue weighted by atomic mass is 10.2. The average Bonchev–Trinajstić information content (AvgIpc) is 2.05. The van der Waals surface area contributed by atoms with E-state index in [1.54, 1.807) is 0 Å². The van der Waals surface area contributed by atoms with Crippen molar-refractivity contribution in [2.75, 3.05) is 12.4 Å². The van der Waals surface area contributed by atoms with Crippen molar-refractivity contribution in [2.24, 2.45) is 0 Å². The molecule has 1 rings (SSSR count). The first-order chi connectivity index (χ1) is 5.83. The van der Waals surface area contributed by atoms with Gasteiger partial charge in [0.2, 0.25) is 0 Å². The topological polar surface area (TPSA) is 9.23 Å². The van der Waals surface area contributed by atoms with Gasteiger partial charge < -0.3 is 4.74 Å². The number of benzene rings is 1. The molecule has 0 amide bonds. The van der Waals surface area contributed by atoms with E-state index in [-0.39, 0.29) is 0 Å². The SMILES string of the molecule is SCCOCc1cccc(Cl)c1. The average molecular weight is 203 g/mol. The first-order valence-corrected chi connectivity index (χ1v) is 4.77. The van der Waals surface area contributed by atoms with Crippen LogP contribution in [0.3, 0.4) is 0 Å². The molecule has 0 radical (unpaired) electrons. The third-order valence-electron chi connectivity index (χ3n) is 1.39. The number of halogens is 1. The van der Waals surface area contributed by atoms with Crippen LogP contribution in [0.2, 0.25) is 5.02 Å². The van der Waals surface area contributed by atoms with E-state index in [4.69, 9.17) is 16.3 Å². The molecule has 0 aliphatic carbocycles. The van der Waals surface area contributed by atoms with E-state index >= 15 is 0 Å². The monoisotopic (exact) mass is 202 g/mol. The van der Waals surface area contributed by atoms with Gasteiger partial charge in [0.1, 0.15) is 0 Å². The quantitative estimate of drug-likeness (QED) is 0.584. The molecule has 1 aromatic carbocycles. The molecule has 0 spiro atoms. The Morgan fingerprint density at radius 1 is 1.42 bits per heavy atom. The van der Waals surface area contributed by atoms with Gasteiger partial charge >= 0.3 is 0 Å². The molecule has 0 heterocycles. The summed E-state index contributed by atoms with van der Waals surface area (Å²) in [5, 5.41) is 0.752. The minimum Gasteiger partial charge on any atom is -0.376 e. The molecule has 0 atom stereocenters. The van der Waals surface area contributed by atoms with E-state index in [0.717, 1.165) is 16.3 Å². The molecule has 0 saturated carbocycles. The van der Waals surface area contributed by atoms with Crippen LogP contribution in [-0.2, 0) is 11.3 Å². The second-order valence-electron chi connectivity index (χ2n) is 2.41. The summed E-state index contributed by atoms with van der Waals surface area (Å²) < 4.78 is 5.29. The predicted octanol–water partition coefficient (Wildman–Crippen LogP) is 2.79. The van der Waals surface area contributed by atoms with Gasteiger partial charge in [-0.3, -0.25) is 0 Å². The Morgan fingerprint density at radius 2 is 2.25 bits per heavy atom. The molecule has 0 saturated heterocycles. The fourth-order valence-electron chi connectivity index (χ4n) is 0.881. The molecule has 0 N–H and O–H groups in total. The first kappa shape index (κ1) is 9.90. The van der Waals surface area contributed by atoms with Crippen LogP contribution in [0.25, 0.3) is 0 Å². The highest BCUT2D eigenvalue weighted by Crippen LogP contribution is 2.11. The minimum absolute atomic E-state index is 0.612. The van der Waals surface area contributed by atoms with E-state index in [1.165, 1.54) is 0 Å². The van der Waals surface area contributed by atoms with Crippen molar-refractivity contribution in [2.45, 2.75) is 6.61 Å². The maximum absolute atomic E-state index is 5.79. The summed E-state index contributed by atoms with van der Waals surface area (Å²) >= 11 is 9.82. The van der Waals surface area contributed by atoms with Crippen molar-refractivity contribution in [3.63, 3.8) is 0 Å². The van der Waals surface area contributed by atoms with Crippen LogP contribution >= 0.6 is 24.2 Å². The Balaban J connectivity index is 2.41. The lowest BCUT2D eigenvalue weighted by Gasteiger charge is -2.02. The van der Waals surface area contributed by atoms with E-state index in [0.29, 0.717) is 13.2 Å². The van der Waals surface area contributed by atoms with Gasteiger partial charge in [0, 0.05) is 10.8 Å². The molecule has 0 unspecified atom stereocenters. The Bertz CT molecular complexity index is 240. The van der Waals surface area contributed by atoms with Gasteiger partial charge in [-0.15, -0.1) is 0 Å². The van der Waals surface area contributed by atoms with Crippen molar-refractivity contribution in [3.05, 3.63) is 34.9 Å². The minimum atomic E-state index is 0.612. The summed E-state index contributed by atoms with van der Waals surface area (Å²) in [7, 11) is 0. The van der Waals surface area contributed by atoms with Gasteiger partial charge in [-0.1, -0.05) is 23.7 Å². The van der Waals surface area contributed by atoms with Gasteiger partial charge in [-0.05, 0) is 17.7 Å². The number of hydrogen-bond acceptors (Lipinski definition) is 2. The molecule has 3 heteroatoms. The largest absolute Gasteiger partial charge is 0.376 e. The number of rotatable bonds is 4. The van der Waals surface area contributed by atoms with Crippen LogP contribution in [0.4, 0.5) is 0 Å². The third-order valence-corrected chi connectivity index (χ3v) is 1.81. The highest BCUT2D eigenvalue weighted by molar-refractivity contribution is 7.80. The van der Waals surface area contributed by atoms with Crippen molar-refractivity contribution in [1.29, 1.82) is 0 Å². The summed E-state index contributed by atoms with van der Waals surface area (Å²) in [5.74, 6) is 0.751. The Morgan fingerprint density at radius 3 is 2.92 bits per heavy atom. The third kappa shape index (κ3) is 3.48. The molecule has 66 valence electrons. The number of thiol groups is 1. The number of ether oxygens (including phenoxy) is 1. The highest BCUT2D eigenvalue weighted by atomic mass is 35.5. The molecule has 0 fully saturated rings. The van der Waals surface area contributed by atoms with Crippen molar-refractivity contribution in [1.82, 2.24) is 0 Å². The van der Waals surface area contributed by atoms with Crippen LogP contribution in [-0.4, -0.2) is 12.4 Å². The molecule has 12 heavy (non-hydrogen) atoms. The zero-order chi connectivity index (χ0) is 8.81. The van der Waals surface area contributed by atoms with Gasteiger partial charge in [0.05, 0.1) is 13.2 Å². The van der Waals surface area contributed by atoms with Gasteiger partial charge in [0.25, 0.3) is 0 Å². The molecular weight excluding hydrogens is 192 g/mol. The van der Waals surface area contributed by atoms with Crippen LogP contribution in [0.15, 0.2) is 24.3 Å². The van der Waals surface area contributed by atoms with E-state index < -0.39 is 0 Å². The zero-order valence-electron chi connectivity index (χ0n) is 6.66. The fourth-order valence-corrected chi connectivity index (χ4v) is 1.22. The lowest BCUT2D eigenvalue weighted by Crippen LogP contribution is -1.95. The van der Waals surface area contributed by atoms with Gasteiger partial charge in [-0.25, -0.2) is 0 Å². The maximum atomic E-state index is 5.79. The van der Waals surface area contributed by atoms with Gasteiger partial charge in [-0.2, -0.15) is 12.6 Å². The summed E-state index contributed by atoms with van der Waals surface area (Å²) in [5.41, 5.74) is 1.10. The van der Waals surface area contributed by atoms with Gasteiger partial charge in [0.15, 0.2) is 0 Å². The zero-order valence-corrected chi connectivity index (χ0v) is 8.31. The second kappa shape index (κ2) is 5.46. The molecule has 0 aromatic heterocycles. The summed E-state index contributed by atoms with van der Waals surface area (Å²) in [6, 6.07) is 7.66. The Labute approximate surface area is 83.1 Å². The molecule has 1 aromatic rings. The molecular formula is C9H11ClOS. The van der Waals surface area contributed by atoms with Crippen molar-refractivity contribution < 1.29 is 4.74 Å². The van der Waals surface area contributed by atoms with Crippen LogP contribution in [0.1, 0.15) is 5.56 Å². The van der Waals surface area contributed by atoms with E-state index in [9.17, 15) is 0 Å². The van der Waals surface area contributed by atoms with Crippen molar-refractivity contribution >= 4 is 24.2 Å². The smallest absolute Gasteiger partial charge is 0.0717 e. The lowest BCUT2D eigenvalue weighted by molar-refractivity contribution is 0.136. The van der Waals surface area contributed by atoms with E-state index in [2.05, 4.69) is 12.6 Å². The second-order valence-corrected chi connectivity index (χ2v) is 3.29. The Hall–Kier alpha value is -0.180. The highest BCUT2D eigenvalue weighted by Gasteiger charge is 1.93. The molecule has 0 bridgehead atoms. The number of hydrogen-bond donors (Lipinski definition) is 1. The summed E-state index contributed by atoms with van der Waals surface area (Å²) in [6.07, 6.45) is 0. The first-order valence-electron chi connectivity index (χ1n) is 3.76. The fraction of sp³-hybridized carbons (Fsp3) is 0.333. The molecule has 0 aliphatic rings. The summed E-state index contributed by atoms with van der Waals surface area (Å²) in [6.45, 7) is 1.29. The molecule has 1 nitrogen and oxygen atoms in total. The standard InChI is InChI=1S/C9H11ClOS/c10-9-3-1-2-8(6-9)7-11-4-5-12/h1-3,6,12H,4-5,7H2. The van der Waals surface area contributed by atoms with Crippen LogP contribution in [0.5, 0.6) is 0 Å². The summed E-state index contributed by atoms with van der Waals surface area (Å²) in [4.78, 5) is 0. The van der Waals surface area contributed by atoms with Crippen LogP contribution < -0.4 is 0 Å². The molecule has 0 aliphatic heterocycles. The Kier molecular flexibility index (Phi) is 4.51. The van der Waals surface area contributed by atoms with Crippen molar-refractivity contribution in [3.8, 4) is 0 Å². The normalized spacial score (nSPS) is 10.2.